The lowest BCUT2D eigenvalue weighted by Gasteiger charge is -2.40. The van der Waals surface area contributed by atoms with Gasteiger partial charge in [-0.1, -0.05) is 18.2 Å². The average molecular weight is 496 g/mol. The van der Waals surface area contributed by atoms with Crippen molar-refractivity contribution in [3.8, 4) is 0 Å². The zero-order chi connectivity index (χ0) is 24.9. The molecule has 3 heterocycles. The minimum atomic E-state index is -0.494. The molecule has 1 atom stereocenters. The number of piperidine rings is 2. The van der Waals surface area contributed by atoms with Crippen LogP contribution in [0.25, 0.3) is 10.9 Å². The second kappa shape index (κ2) is 11.8. The molecular weight excluding hydrogens is 456 g/mol. The van der Waals surface area contributed by atoms with E-state index in [1.54, 1.807) is 0 Å². The molecule has 2 aliphatic heterocycles. The Labute approximate surface area is 213 Å². The lowest BCUT2D eigenvalue weighted by atomic mass is 9.86. The standard InChI is InChI=1S/C30H39F2N3O/c31-25-16-23(17-26(32)19-25)4-3-11-34-12-7-22(8-13-34)18-27(21-36)35-14-9-24(10-15-35)29-20-33-30-6-2-1-5-28(29)30/h1-2,5-6,16-17,19-20,22,24,27,33,36H,3-4,7-15,18,21H2. The number of nitrogens with zero attached hydrogens (tertiary/aromatic N) is 2. The third kappa shape index (κ3) is 6.16. The predicted molar refractivity (Wildman–Crippen MR) is 141 cm³/mol. The molecule has 1 unspecified atom stereocenters. The molecule has 0 aliphatic carbocycles. The second-order valence-corrected chi connectivity index (χ2v) is 10.8. The molecule has 0 radical (unpaired) electrons. The van der Waals surface area contributed by atoms with Crippen molar-refractivity contribution in [2.75, 3.05) is 39.3 Å². The van der Waals surface area contributed by atoms with Crippen LogP contribution in [-0.2, 0) is 6.42 Å². The average Bonchev–Trinajstić information content (AvgIpc) is 3.32. The second-order valence-electron chi connectivity index (χ2n) is 10.8. The predicted octanol–water partition coefficient (Wildman–Crippen LogP) is 5.72. The fourth-order valence-corrected chi connectivity index (χ4v) is 6.44. The summed E-state index contributed by atoms with van der Waals surface area (Å²) in [4.78, 5) is 8.43. The summed E-state index contributed by atoms with van der Waals surface area (Å²) in [6.07, 6.45) is 9.50. The number of H-pyrrole nitrogens is 1. The van der Waals surface area contributed by atoms with E-state index < -0.39 is 11.6 Å². The molecule has 0 spiro atoms. The Morgan fingerprint density at radius 1 is 0.944 bits per heavy atom. The van der Waals surface area contributed by atoms with Gasteiger partial charge in [0.05, 0.1) is 6.61 Å². The Balaban J connectivity index is 1.04. The summed E-state index contributed by atoms with van der Waals surface area (Å²) in [6.45, 7) is 5.45. The van der Waals surface area contributed by atoms with Crippen LogP contribution in [0.4, 0.5) is 8.78 Å². The molecule has 5 rings (SSSR count). The molecule has 2 saturated heterocycles. The smallest absolute Gasteiger partial charge is 0.126 e. The largest absolute Gasteiger partial charge is 0.395 e. The third-order valence-corrected chi connectivity index (χ3v) is 8.49. The minimum Gasteiger partial charge on any atom is -0.395 e. The molecule has 6 heteroatoms. The molecule has 2 aliphatic rings. The Morgan fingerprint density at radius 2 is 1.67 bits per heavy atom. The summed E-state index contributed by atoms with van der Waals surface area (Å²) in [5, 5.41) is 11.6. The number of aryl methyl sites for hydroxylation is 1. The van der Waals surface area contributed by atoms with E-state index in [1.807, 2.05) is 0 Å². The van der Waals surface area contributed by atoms with Gasteiger partial charge < -0.3 is 15.0 Å². The van der Waals surface area contributed by atoms with Gasteiger partial charge in [-0.15, -0.1) is 0 Å². The molecule has 1 aromatic heterocycles. The number of aromatic nitrogens is 1. The molecule has 36 heavy (non-hydrogen) atoms. The number of para-hydroxylation sites is 1. The molecule has 2 fully saturated rings. The molecule has 194 valence electrons. The van der Waals surface area contributed by atoms with Crippen LogP contribution in [-0.4, -0.2) is 65.3 Å². The van der Waals surface area contributed by atoms with Gasteiger partial charge in [0.2, 0.25) is 0 Å². The van der Waals surface area contributed by atoms with Crippen molar-refractivity contribution in [1.29, 1.82) is 0 Å². The molecular formula is C30H39F2N3O. The molecule has 0 amide bonds. The van der Waals surface area contributed by atoms with Crippen LogP contribution < -0.4 is 0 Å². The van der Waals surface area contributed by atoms with Gasteiger partial charge in [-0.25, -0.2) is 8.78 Å². The Kier molecular flexibility index (Phi) is 8.35. The lowest BCUT2D eigenvalue weighted by Crippen LogP contribution is -2.45. The number of fused-ring (bicyclic) bond motifs is 1. The fourth-order valence-electron chi connectivity index (χ4n) is 6.44. The van der Waals surface area contributed by atoms with Crippen molar-refractivity contribution in [3.05, 3.63) is 71.4 Å². The summed E-state index contributed by atoms with van der Waals surface area (Å²) in [5.74, 6) is 0.254. The number of rotatable bonds is 9. The van der Waals surface area contributed by atoms with E-state index in [2.05, 4.69) is 45.2 Å². The monoisotopic (exact) mass is 495 g/mol. The summed E-state index contributed by atoms with van der Waals surface area (Å²) < 4.78 is 26.8. The Bertz CT molecular complexity index is 1100. The number of aromatic amines is 1. The highest BCUT2D eigenvalue weighted by atomic mass is 19.1. The first-order valence-electron chi connectivity index (χ1n) is 13.7. The van der Waals surface area contributed by atoms with Crippen LogP contribution in [0.5, 0.6) is 0 Å². The highest BCUT2D eigenvalue weighted by Gasteiger charge is 2.29. The quantitative estimate of drug-likeness (QED) is 0.399. The van der Waals surface area contributed by atoms with Crippen molar-refractivity contribution in [2.24, 2.45) is 5.92 Å². The van der Waals surface area contributed by atoms with Gasteiger partial charge in [-0.3, -0.25) is 4.90 Å². The van der Waals surface area contributed by atoms with Crippen molar-refractivity contribution in [3.63, 3.8) is 0 Å². The number of halogens is 2. The van der Waals surface area contributed by atoms with E-state index in [4.69, 9.17) is 0 Å². The SMILES string of the molecule is OCC(CC1CCN(CCCc2cc(F)cc(F)c2)CC1)N1CCC(c2c[nH]c3ccccc23)CC1. The highest BCUT2D eigenvalue weighted by Crippen LogP contribution is 2.34. The number of aliphatic hydroxyl groups excluding tert-OH is 1. The van der Waals surface area contributed by atoms with Gasteiger partial charge in [-0.05, 0) is 119 Å². The first kappa shape index (κ1) is 25.4. The number of likely N-dealkylation sites (tertiary alicyclic amines) is 2. The topological polar surface area (TPSA) is 42.5 Å². The van der Waals surface area contributed by atoms with E-state index in [-0.39, 0.29) is 12.6 Å². The van der Waals surface area contributed by atoms with Gasteiger partial charge in [0.1, 0.15) is 11.6 Å². The van der Waals surface area contributed by atoms with Gasteiger partial charge in [0, 0.05) is 29.2 Å². The number of benzene rings is 2. The highest BCUT2D eigenvalue weighted by molar-refractivity contribution is 5.83. The van der Waals surface area contributed by atoms with E-state index in [0.29, 0.717) is 18.3 Å². The van der Waals surface area contributed by atoms with Crippen molar-refractivity contribution < 1.29 is 13.9 Å². The number of hydrogen-bond acceptors (Lipinski definition) is 3. The van der Waals surface area contributed by atoms with Crippen molar-refractivity contribution >= 4 is 10.9 Å². The summed E-state index contributed by atoms with van der Waals surface area (Å²) in [5.41, 5.74) is 3.40. The van der Waals surface area contributed by atoms with Gasteiger partial charge >= 0.3 is 0 Å². The van der Waals surface area contributed by atoms with E-state index in [0.717, 1.165) is 82.9 Å². The maximum absolute atomic E-state index is 13.4. The van der Waals surface area contributed by atoms with Crippen molar-refractivity contribution in [2.45, 2.75) is 56.9 Å². The number of nitrogens with one attached hydrogen (secondary N) is 1. The summed E-state index contributed by atoms with van der Waals surface area (Å²) in [6, 6.07) is 12.6. The van der Waals surface area contributed by atoms with E-state index in [9.17, 15) is 13.9 Å². The van der Waals surface area contributed by atoms with Gasteiger partial charge in [0.25, 0.3) is 0 Å². The number of aliphatic hydroxyl groups is 1. The van der Waals surface area contributed by atoms with Crippen LogP contribution in [0.3, 0.4) is 0 Å². The van der Waals surface area contributed by atoms with Crippen LogP contribution >= 0.6 is 0 Å². The van der Waals surface area contributed by atoms with Gasteiger partial charge in [-0.2, -0.15) is 0 Å². The van der Waals surface area contributed by atoms with E-state index in [1.165, 1.54) is 28.6 Å². The Hall–Kier alpha value is -2.28. The first-order chi connectivity index (χ1) is 17.6. The van der Waals surface area contributed by atoms with Gasteiger partial charge in [0.15, 0.2) is 0 Å². The molecule has 0 saturated carbocycles. The number of hydrogen-bond donors (Lipinski definition) is 2. The summed E-state index contributed by atoms with van der Waals surface area (Å²) >= 11 is 0. The molecule has 2 aromatic carbocycles. The lowest BCUT2D eigenvalue weighted by molar-refractivity contribution is 0.0686. The first-order valence-corrected chi connectivity index (χ1v) is 13.7. The maximum Gasteiger partial charge on any atom is 0.126 e. The third-order valence-electron chi connectivity index (χ3n) is 8.49. The minimum absolute atomic E-state index is 0.238. The maximum atomic E-state index is 13.4. The normalized spacial score (nSPS) is 19.8. The van der Waals surface area contributed by atoms with Crippen molar-refractivity contribution in [1.82, 2.24) is 14.8 Å². The van der Waals surface area contributed by atoms with E-state index >= 15 is 0 Å². The van der Waals surface area contributed by atoms with Crippen LogP contribution in [0, 0.1) is 17.6 Å². The molecule has 2 N–H and O–H groups in total. The fraction of sp³-hybridized carbons (Fsp3) is 0.533. The molecule has 0 bridgehead atoms. The summed E-state index contributed by atoms with van der Waals surface area (Å²) in [7, 11) is 0. The van der Waals surface area contributed by atoms with Crippen LogP contribution in [0.2, 0.25) is 0 Å². The zero-order valence-electron chi connectivity index (χ0n) is 21.1. The Morgan fingerprint density at radius 3 is 2.39 bits per heavy atom. The molecule has 4 nitrogen and oxygen atoms in total. The van der Waals surface area contributed by atoms with Crippen LogP contribution in [0.15, 0.2) is 48.7 Å². The van der Waals surface area contributed by atoms with Crippen LogP contribution in [0.1, 0.15) is 55.6 Å². The molecule has 3 aromatic rings. The zero-order valence-corrected chi connectivity index (χ0v) is 21.1.